The van der Waals surface area contributed by atoms with Gasteiger partial charge in [-0.05, 0) is 54.9 Å². The molecule has 2 atom stereocenters. The Morgan fingerprint density at radius 3 is 2.38 bits per heavy atom. The van der Waals surface area contributed by atoms with Crippen molar-refractivity contribution >= 4 is 18.0 Å². The molecule has 2 aromatic rings. The molecule has 5 rings (SSSR count). The normalized spacial score (nSPS) is 23.3. The summed E-state index contributed by atoms with van der Waals surface area (Å²) in [4.78, 5) is 38.7. The predicted molar refractivity (Wildman–Crippen MR) is 126 cm³/mol. The minimum Gasteiger partial charge on any atom is -0.480 e. The third-order valence-corrected chi connectivity index (χ3v) is 7.40. The van der Waals surface area contributed by atoms with Crippen molar-refractivity contribution < 1.29 is 24.2 Å². The fourth-order valence-corrected chi connectivity index (χ4v) is 5.49. The Hall–Kier alpha value is -3.61. The first kappa shape index (κ1) is 22.2. The van der Waals surface area contributed by atoms with Gasteiger partial charge >= 0.3 is 12.1 Å². The highest BCUT2D eigenvalue weighted by atomic mass is 16.5. The first-order valence-electron chi connectivity index (χ1n) is 11.7. The zero-order valence-electron chi connectivity index (χ0n) is 19.1. The summed E-state index contributed by atoms with van der Waals surface area (Å²) in [5, 5.41) is 12.5. The molecule has 0 aromatic heterocycles. The Labute approximate surface area is 198 Å². The van der Waals surface area contributed by atoms with Gasteiger partial charge in [0.05, 0.1) is 0 Å². The van der Waals surface area contributed by atoms with Gasteiger partial charge in [0.15, 0.2) is 0 Å². The zero-order chi connectivity index (χ0) is 23.9. The van der Waals surface area contributed by atoms with Crippen molar-refractivity contribution in [2.45, 2.75) is 50.1 Å². The van der Waals surface area contributed by atoms with Crippen LogP contribution in [0.3, 0.4) is 0 Å². The van der Waals surface area contributed by atoms with E-state index in [1.165, 1.54) is 16.0 Å². The van der Waals surface area contributed by atoms with E-state index in [4.69, 9.17) is 4.74 Å². The van der Waals surface area contributed by atoms with Gasteiger partial charge < -0.3 is 20.1 Å². The standard InChI is InChI=1S/C27H28N2O5/c1-27(25(31)32)13-6-14-29(27)24(30)17-11-12-18(15-17)28-26(33)34-16-23-21-9-4-2-7-19(21)20-8-3-5-10-22(20)23/h2-5,7-11,18,23H,6,12-16H2,1H3,(H,28,33)(H,31,32). The number of nitrogens with one attached hydrogen (secondary N) is 1. The summed E-state index contributed by atoms with van der Waals surface area (Å²) < 4.78 is 5.62. The number of carbonyl (C=O) groups is 3. The van der Waals surface area contributed by atoms with Crippen LogP contribution in [0.2, 0.25) is 0 Å². The number of carboxylic acid groups (broad SMARTS) is 1. The van der Waals surface area contributed by atoms with Crippen molar-refractivity contribution in [1.29, 1.82) is 0 Å². The van der Waals surface area contributed by atoms with Crippen LogP contribution < -0.4 is 5.32 Å². The van der Waals surface area contributed by atoms with E-state index in [1.807, 2.05) is 24.3 Å². The monoisotopic (exact) mass is 460 g/mol. The van der Waals surface area contributed by atoms with Gasteiger partial charge in [0, 0.05) is 24.1 Å². The van der Waals surface area contributed by atoms with E-state index in [0.717, 1.165) is 11.1 Å². The average Bonchev–Trinajstić information content (AvgIpc) is 3.54. The van der Waals surface area contributed by atoms with Crippen molar-refractivity contribution in [3.63, 3.8) is 0 Å². The van der Waals surface area contributed by atoms with Crippen LogP contribution in [0, 0.1) is 0 Å². The maximum atomic E-state index is 13.0. The van der Waals surface area contributed by atoms with Crippen LogP contribution >= 0.6 is 0 Å². The summed E-state index contributed by atoms with van der Waals surface area (Å²) >= 11 is 0. The Morgan fingerprint density at radius 1 is 1.09 bits per heavy atom. The molecule has 1 aliphatic heterocycles. The van der Waals surface area contributed by atoms with E-state index in [2.05, 4.69) is 29.6 Å². The molecule has 7 nitrogen and oxygen atoms in total. The number of alkyl carbamates (subject to hydrolysis) is 1. The van der Waals surface area contributed by atoms with Crippen LogP contribution in [0.25, 0.3) is 11.1 Å². The first-order valence-corrected chi connectivity index (χ1v) is 11.7. The maximum absolute atomic E-state index is 13.0. The highest BCUT2D eigenvalue weighted by molar-refractivity contribution is 5.98. The third-order valence-electron chi connectivity index (χ3n) is 7.40. The van der Waals surface area contributed by atoms with Gasteiger partial charge in [-0.1, -0.05) is 54.6 Å². The number of nitrogens with zero attached hydrogens (tertiary/aromatic N) is 1. The van der Waals surface area contributed by atoms with E-state index >= 15 is 0 Å². The molecule has 0 saturated carbocycles. The Bertz CT molecular complexity index is 1140. The van der Waals surface area contributed by atoms with Crippen LogP contribution in [0.5, 0.6) is 0 Å². The summed E-state index contributed by atoms with van der Waals surface area (Å²) in [6.07, 6.45) is 3.30. The fraction of sp³-hybridized carbons (Fsp3) is 0.370. The second kappa shape index (κ2) is 8.63. The molecule has 0 bridgehead atoms. The number of aliphatic carboxylic acids is 1. The van der Waals surface area contributed by atoms with Crippen molar-refractivity contribution in [3.8, 4) is 11.1 Å². The van der Waals surface area contributed by atoms with E-state index in [0.29, 0.717) is 37.8 Å². The van der Waals surface area contributed by atoms with Gasteiger partial charge in [-0.2, -0.15) is 0 Å². The number of fused-ring (bicyclic) bond motifs is 3. The Morgan fingerprint density at radius 2 is 1.74 bits per heavy atom. The fourth-order valence-electron chi connectivity index (χ4n) is 5.49. The van der Waals surface area contributed by atoms with Crippen LogP contribution in [-0.4, -0.2) is 52.7 Å². The van der Waals surface area contributed by atoms with Crippen molar-refractivity contribution in [1.82, 2.24) is 10.2 Å². The minimum absolute atomic E-state index is 0.0131. The molecule has 1 heterocycles. The highest BCUT2D eigenvalue weighted by Gasteiger charge is 2.47. The largest absolute Gasteiger partial charge is 0.480 e. The molecule has 2 N–H and O–H groups in total. The number of rotatable bonds is 5. The van der Waals surface area contributed by atoms with Crippen LogP contribution in [-0.2, 0) is 14.3 Å². The molecule has 1 saturated heterocycles. The Balaban J connectivity index is 1.17. The van der Waals surface area contributed by atoms with Gasteiger partial charge in [0.1, 0.15) is 12.1 Å². The third kappa shape index (κ3) is 3.75. The number of benzene rings is 2. The zero-order valence-corrected chi connectivity index (χ0v) is 19.1. The van der Waals surface area contributed by atoms with E-state index in [9.17, 15) is 19.5 Å². The second-order valence-electron chi connectivity index (χ2n) is 9.48. The quantitative estimate of drug-likeness (QED) is 0.701. The van der Waals surface area contributed by atoms with Gasteiger partial charge in [-0.15, -0.1) is 0 Å². The summed E-state index contributed by atoms with van der Waals surface area (Å²) in [6, 6.07) is 16.1. The molecule has 2 aromatic carbocycles. The Kier molecular flexibility index (Phi) is 5.63. The molecule has 2 amide bonds. The lowest BCUT2D eigenvalue weighted by Crippen LogP contribution is -2.51. The molecule has 0 spiro atoms. The van der Waals surface area contributed by atoms with Gasteiger partial charge in [-0.25, -0.2) is 9.59 Å². The summed E-state index contributed by atoms with van der Waals surface area (Å²) in [6.45, 7) is 2.27. The maximum Gasteiger partial charge on any atom is 0.407 e. The lowest BCUT2D eigenvalue weighted by atomic mass is 9.98. The number of amides is 2. The van der Waals surface area contributed by atoms with Crippen LogP contribution in [0.1, 0.15) is 49.7 Å². The minimum atomic E-state index is -1.17. The smallest absolute Gasteiger partial charge is 0.407 e. The number of carboxylic acids is 1. The van der Waals surface area contributed by atoms with Crippen LogP contribution in [0.4, 0.5) is 4.79 Å². The summed E-state index contributed by atoms with van der Waals surface area (Å²) in [7, 11) is 0. The number of ether oxygens (including phenoxy) is 1. The van der Waals surface area contributed by atoms with E-state index in [-0.39, 0.29) is 24.5 Å². The highest BCUT2D eigenvalue weighted by Crippen LogP contribution is 2.44. The molecular formula is C27H28N2O5. The van der Waals surface area contributed by atoms with Crippen molar-refractivity contribution in [2.75, 3.05) is 13.2 Å². The van der Waals surface area contributed by atoms with Gasteiger partial charge in [-0.3, -0.25) is 4.79 Å². The SMILES string of the molecule is CC1(C(=O)O)CCCN1C(=O)C1=CCC(NC(=O)OCC2c3ccccc3-c3ccccc32)C1. The number of hydrogen-bond acceptors (Lipinski definition) is 4. The molecule has 3 aliphatic rings. The molecule has 34 heavy (non-hydrogen) atoms. The first-order chi connectivity index (χ1) is 16.4. The second-order valence-corrected chi connectivity index (χ2v) is 9.48. The van der Waals surface area contributed by atoms with Crippen molar-refractivity contribution in [3.05, 3.63) is 71.3 Å². The molecule has 2 unspecified atom stereocenters. The lowest BCUT2D eigenvalue weighted by molar-refractivity contribution is -0.153. The number of hydrogen-bond donors (Lipinski definition) is 2. The van der Waals surface area contributed by atoms with E-state index in [1.54, 1.807) is 13.0 Å². The molecule has 7 heteroatoms. The molecule has 2 aliphatic carbocycles. The van der Waals surface area contributed by atoms with E-state index < -0.39 is 17.6 Å². The average molecular weight is 461 g/mol. The molecular weight excluding hydrogens is 432 g/mol. The molecule has 0 radical (unpaired) electrons. The number of carbonyl (C=O) groups excluding carboxylic acids is 2. The predicted octanol–water partition coefficient (Wildman–Crippen LogP) is 4.08. The van der Waals surface area contributed by atoms with Gasteiger partial charge in [0.25, 0.3) is 0 Å². The topological polar surface area (TPSA) is 95.9 Å². The van der Waals surface area contributed by atoms with Crippen molar-refractivity contribution in [2.24, 2.45) is 0 Å². The lowest BCUT2D eigenvalue weighted by Gasteiger charge is -2.31. The summed E-state index contributed by atoms with van der Waals surface area (Å²) in [5.41, 5.74) is 4.03. The number of likely N-dealkylation sites (tertiary alicyclic amines) is 1. The summed E-state index contributed by atoms with van der Waals surface area (Å²) in [5.74, 6) is -1.25. The molecule has 176 valence electrons. The van der Waals surface area contributed by atoms with Gasteiger partial charge in [0.2, 0.25) is 5.91 Å². The molecule has 1 fully saturated rings. The van der Waals surface area contributed by atoms with Crippen LogP contribution in [0.15, 0.2) is 60.2 Å².